The first-order valence-corrected chi connectivity index (χ1v) is 6.82. The second kappa shape index (κ2) is 8.07. The maximum Gasteiger partial charge on any atom is 0.208 e. The summed E-state index contributed by atoms with van der Waals surface area (Å²) in [6.07, 6.45) is 0.994. The smallest absolute Gasteiger partial charge is 0.208 e. The summed E-state index contributed by atoms with van der Waals surface area (Å²) >= 11 is 1.77. The van der Waals surface area contributed by atoms with Crippen LogP contribution in [0, 0.1) is 0 Å². The van der Waals surface area contributed by atoms with Crippen molar-refractivity contribution in [2.75, 3.05) is 27.3 Å². The van der Waals surface area contributed by atoms with E-state index in [9.17, 15) is 0 Å². The largest absolute Gasteiger partial charge is 0.382 e. The molecule has 0 amide bonds. The molecule has 5 nitrogen and oxygen atoms in total. The van der Waals surface area contributed by atoms with Crippen molar-refractivity contribution in [2.24, 2.45) is 10.8 Å². The number of likely N-dealkylation sites (N-methyl/N-ethyl adjacent to an activating group) is 1. The normalized spacial score (nSPS) is 13.4. The number of nitrogens with two attached hydrogens (primary N) is 1. The molecule has 1 atom stereocenters. The summed E-state index contributed by atoms with van der Waals surface area (Å²) in [5, 5.41) is 2.09. The van der Waals surface area contributed by atoms with Gasteiger partial charge in [0, 0.05) is 25.6 Å². The molecule has 0 bridgehead atoms. The Bertz CT molecular complexity index is 353. The minimum Gasteiger partial charge on any atom is -0.382 e. The van der Waals surface area contributed by atoms with Crippen molar-refractivity contribution >= 4 is 17.3 Å². The van der Waals surface area contributed by atoms with E-state index in [1.54, 1.807) is 18.4 Å². The highest BCUT2D eigenvalue weighted by Crippen LogP contribution is 2.09. The van der Waals surface area contributed by atoms with Crippen molar-refractivity contribution < 1.29 is 4.74 Å². The number of aliphatic imine (C=N–C) groups is 1. The molecule has 0 saturated heterocycles. The van der Waals surface area contributed by atoms with Crippen LogP contribution in [0.1, 0.15) is 11.8 Å². The van der Waals surface area contributed by atoms with Gasteiger partial charge in [0.05, 0.1) is 12.6 Å². The zero-order valence-corrected chi connectivity index (χ0v) is 12.0. The van der Waals surface area contributed by atoms with Crippen molar-refractivity contribution in [3.63, 3.8) is 0 Å². The van der Waals surface area contributed by atoms with Crippen LogP contribution in [0.5, 0.6) is 0 Å². The predicted octanol–water partition coefficient (Wildman–Crippen LogP) is 1.08. The van der Waals surface area contributed by atoms with Crippen LogP contribution in [-0.4, -0.2) is 44.2 Å². The lowest BCUT2D eigenvalue weighted by atomic mass is 10.3. The number of rotatable bonds is 6. The second-order valence-corrected chi connectivity index (χ2v) is 5.18. The van der Waals surface area contributed by atoms with Gasteiger partial charge < -0.3 is 9.64 Å². The van der Waals surface area contributed by atoms with E-state index in [0.717, 1.165) is 13.0 Å². The number of hydrazine groups is 1. The van der Waals surface area contributed by atoms with Crippen LogP contribution in [0.3, 0.4) is 0 Å². The molecular formula is C12H22N4OS. The number of nitrogens with zero attached hydrogens (tertiary/aromatic N) is 2. The van der Waals surface area contributed by atoms with Crippen LogP contribution >= 0.6 is 11.3 Å². The molecule has 0 aromatic carbocycles. The van der Waals surface area contributed by atoms with Gasteiger partial charge in [0.25, 0.3) is 0 Å². The van der Waals surface area contributed by atoms with E-state index in [1.165, 1.54) is 4.88 Å². The van der Waals surface area contributed by atoms with Gasteiger partial charge in [0.1, 0.15) is 0 Å². The molecule has 1 unspecified atom stereocenters. The lowest BCUT2D eigenvalue weighted by Crippen LogP contribution is -2.44. The molecule has 3 N–H and O–H groups in total. The molecule has 0 radical (unpaired) electrons. The summed E-state index contributed by atoms with van der Waals surface area (Å²) in [5.41, 5.74) is 2.65. The molecule has 102 valence electrons. The van der Waals surface area contributed by atoms with Crippen LogP contribution in [0.15, 0.2) is 22.5 Å². The Hall–Kier alpha value is -1.11. The third kappa shape index (κ3) is 5.03. The Morgan fingerprint density at radius 1 is 1.67 bits per heavy atom. The Balaban J connectivity index is 2.48. The molecule has 0 fully saturated rings. The highest BCUT2D eigenvalue weighted by molar-refractivity contribution is 7.09. The number of methoxy groups -OCH3 is 1. The summed E-state index contributed by atoms with van der Waals surface area (Å²) in [5.74, 6) is 6.20. The van der Waals surface area contributed by atoms with Crippen molar-refractivity contribution in [3.05, 3.63) is 22.4 Å². The van der Waals surface area contributed by atoms with E-state index in [0.29, 0.717) is 12.6 Å². The van der Waals surface area contributed by atoms with E-state index >= 15 is 0 Å². The fourth-order valence-corrected chi connectivity index (χ4v) is 2.27. The number of thiophene rings is 1. The third-order valence-corrected chi connectivity index (χ3v) is 3.45. The van der Waals surface area contributed by atoms with Gasteiger partial charge in [-0.2, -0.15) is 0 Å². The molecule has 6 heteroatoms. The Kier molecular flexibility index (Phi) is 6.70. The van der Waals surface area contributed by atoms with Crippen molar-refractivity contribution in [1.82, 2.24) is 10.3 Å². The van der Waals surface area contributed by atoms with E-state index < -0.39 is 0 Å². The first-order chi connectivity index (χ1) is 8.67. The van der Waals surface area contributed by atoms with Gasteiger partial charge in [-0.3, -0.25) is 5.43 Å². The average Bonchev–Trinajstić information content (AvgIpc) is 2.86. The van der Waals surface area contributed by atoms with E-state index in [1.807, 2.05) is 18.9 Å². The van der Waals surface area contributed by atoms with Gasteiger partial charge in [-0.15, -0.1) is 11.3 Å². The number of nitrogens with one attached hydrogen (secondary N) is 1. The summed E-state index contributed by atoms with van der Waals surface area (Å²) in [4.78, 5) is 7.85. The van der Waals surface area contributed by atoms with Crippen LogP contribution in [0.2, 0.25) is 0 Å². The minimum atomic E-state index is 0.0882. The molecule has 1 aromatic rings. The van der Waals surface area contributed by atoms with Gasteiger partial charge in [-0.1, -0.05) is 6.07 Å². The number of guanidine groups is 1. The maximum absolute atomic E-state index is 5.51. The Morgan fingerprint density at radius 2 is 2.44 bits per heavy atom. The number of ether oxygens (including phenoxy) is 1. The molecule has 0 spiro atoms. The molecule has 1 heterocycles. The summed E-state index contributed by atoms with van der Waals surface area (Å²) in [7, 11) is 3.65. The Labute approximate surface area is 113 Å². The van der Waals surface area contributed by atoms with Crippen molar-refractivity contribution in [1.29, 1.82) is 0 Å². The topological polar surface area (TPSA) is 62.9 Å². The fourth-order valence-electron chi connectivity index (χ4n) is 1.57. The average molecular weight is 270 g/mol. The lowest BCUT2D eigenvalue weighted by Gasteiger charge is -2.21. The zero-order valence-electron chi connectivity index (χ0n) is 11.2. The van der Waals surface area contributed by atoms with Crippen molar-refractivity contribution in [3.8, 4) is 0 Å². The molecular weight excluding hydrogens is 248 g/mol. The summed E-state index contributed by atoms with van der Waals surface area (Å²) in [6, 6.07) is 4.29. The molecule has 1 rings (SSSR count). The molecule has 1 aromatic heterocycles. The summed E-state index contributed by atoms with van der Waals surface area (Å²) in [6.45, 7) is 3.46. The standard InChI is InChI=1S/C12H22N4OS/c1-10(9-17-3)14-12(15-13)16(2)7-6-11-5-4-8-18-11/h4-5,8,10H,6-7,9,13H2,1-3H3,(H,14,15). The van der Waals surface area contributed by atoms with E-state index in [-0.39, 0.29) is 6.04 Å². The zero-order chi connectivity index (χ0) is 13.4. The summed E-state index contributed by atoms with van der Waals surface area (Å²) < 4.78 is 5.06. The van der Waals surface area contributed by atoms with Crippen LogP contribution in [-0.2, 0) is 11.2 Å². The monoisotopic (exact) mass is 270 g/mol. The molecule has 0 aliphatic rings. The van der Waals surface area contributed by atoms with Crippen LogP contribution in [0.4, 0.5) is 0 Å². The molecule has 18 heavy (non-hydrogen) atoms. The maximum atomic E-state index is 5.51. The highest BCUT2D eigenvalue weighted by atomic mass is 32.1. The Morgan fingerprint density at radius 3 is 3.00 bits per heavy atom. The van der Waals surface area contributed by atoms with E-state index in [4.69, 9.17) is 10.6 Å². The molecule has 0 saturated carbocycles. The number of hydrogen-bond acceptors (Lipinski definition) is 4. The number of hydrogen-bond donors (Lipinski definition) is 2. The second-order valence-electron chi connectivity index (χ2n) is 4.15. The predicted molar refractivity (Wildman–Crippen MR) is 76.7 cm³/mol. The van der Waals surface area contributed by atoms with Gasteiger partial charge in [-0.05, 0) is 24.8 Å². The first kappa shape index (κ1) is 14.9. The van der Waals surface area contributed by atoms with Crippen LogP contribution < -0.4 is 11.3 Å². The molecule has 0 aliphatic heterocycles. The molecule has 0 aliphatic carbocycles. The first-order valence-electron chi connectivity index (χ1n) is 5.94. The van der Waals surface area contributed by atoms with Gasteiger partial charge in [0.2, 0.25) is 5.96 Å². The highest BCUT2D eigenvalue weighted by Gasteiger charge is 2.08. The van der Waals surface area contributed by atoms with E-state index in [2.05, 4.69) is 27.9 Å². The minimum absolute atomic E-state index is 0.0882. The van der Waals surface area contributed by atoms with Gasteiger partial charge in [0.15, 0.2) is 0 Å². The fraction of sp³-hybridized carbons (Fsp3) is 0.583. The SMILES string of the molecule is COCC(C)N=C(NN)N(C)CCc1cccs1. The quantitative estimate of drug-likeness (QED) is 0.351. The van der Waals surface area contributed by atoms with Crippen molar-refractivity contribution in [2.45, 2.75) is 19.4 Å². The van der Waals surface area contributed by atoms with Gasteiger partial charge in [-0.25, -0.2) is 10.8 Å². The lowest BCUT2D eigenvalue weighted by molar-refractivity contribution is 0.185. The van der Waals surface area contributed by atoms with Gasteiger partial charge >= 0.3 is 0 Å². The van der Waals surface area contributed by atoms with Crippen LogP contribution in [0.25, 0.3) is 0 Å². The third-order valence-electron chi connectivity index (χ3n) is 2.51.